The van der Waals surface area contributed by atoms with Crippen molar-refractivity contribution in [2.24, 2.45) is 5.92 Å². The summed E-state index contributed by atoms with van der Waals surface area (Å²) in [6.07, 6.45) is -0.683. The molecule has 0 saturated carbocycles. The average molecular weight is 397 g/mol. The van der Waals surface area contributed by atoms with Crippen LogP contribution in [0, 0.1) is 12.8 Å². The van der Waals surface area contributed by atoms with Crippen molar-refractivity contribution in [2.75, 3.05) is 6.54 Å². The fourth-order valence-corrected chi connectivity index (χ4v) is 3.76. The van der Waals surface area contributed by atoms with Crippen LogP contribution in [0.5, 0.6) is 0 Å². The summed E-state index contributed by atoms with van der Waals surface area (Å²) in [4.78, 5) is 12.7. The second-order valence-electron chi connectivity index (χ2n) is 7.52. The Balaban J connectivity index is 1.69. The van der Waals surface area contributed by atoms with E-state index >= 15 is 0 Å². The third-order valence-electron chi connectivity index (χ3n) is 5.11. The van der Waals surface area contributed by atoms with E-state index in [0.717, 1.165) is 5.69 Å². The van der Waals surface area contributed by atoms with E-state index in [-0.39, 0.29) is 17.4 Å². The molecule has 1 aliphatic rings. The Morgan fingerprint density at radius 2 is 2.07 bits per heavy atom. The van der Waals surface area contributed by atoms with Crippen LogP contribution in [0.15, 0.2) is 12.3 Å². The minimum absolute atomic E-state index is 0.134. The number of nitrogens with one attached hydrogen (secondary N) is 1. The van der Waals surface area contributed by atoms with Crippen molar-refractivity contribution in [1.82, 2.24) is 24.9 Å². The lowest BCUT2D eigenvalue weighted by atomic mass is 10.1. The number of nitrogens with zero attached hydrogens (tertiary/aromatic N) is 4. The van der Waals surface area contributed by atoms with Crippen LogP contribution in [0.25, 0.3) is 0 Å². The molecule has 2 aromatic rings. The zero-order valence-electron chi connectivity index (χ0n) is 16.4. The van der Waals surface area contributed by atoms with Crippen molar-refractivity contribution in [2.45, 2.75) is 65.2 Å². The monoisotopic (exact) mass is 397 g/mol. The van der Waals surface area contributed by atoms with Gasteiger partial charge < -0.3 is 5.32 Å². The molecule has 2 atom stereocenters. The molecule has 0 aromatic carbocycles. The van der Waals surface area contributed by atoms with Gasteiger partial charge in [-0.05, 0) is 44.6 Å². The van der Waals surface area contributed by atoms with Gasteiger partial charge in [0.1, 0.15) is 6.04 Å². The molecular weight excluding hydrogens is 371 g/mol. The molecule has 1 amide bonds. The summed E-state index contributed by atoms with van der Waals surface area (Å²) in [7, 11) is 0. The Bertz CT molecular complexity index is 839. The lowest BCUT2D eigenvalue weighted by Gasteiger charge is -2.20. The van der Waals surface area contributed by atoms with Crippen molar-refractivity contribution < 1.29 is 18.0 Å². The Hall–Kier alpha value is -2.32. The number of rotatable bonds is 7. The third-order valence-corrected chi connectivity index (χ3v) is 5.11. The lowest BCUT2D eigenvalue weighted by Crippen LogP contribution is -2.36. The van der Waals surface area contributed by atoms with Crippen molar-refractivity contribution in [1.29, 1.82) is 0 Å². The maximum absolute atomic E-state index is 13.3. The first-order valence-electron chi connectivity index (χ1n) is 9.66. The number of hydrogen-bond donors (Lipinski definition) is 1. The van der Waals surface area contributed by atoms with Crippen LogP contribution in [0.3, 0.4) is 0 Å². The van der Waals surface area contributed by atoms with E-state index in [9.17, 15) is 18.0 Å². The second-order valence-corrected chi connectivity index (χ2v) is 7.52. The van der Waals surface area contributed by atoms with E-state index in [1.165, 1.54) is 4.68 Å². The predicted molar refractivity (Wildman–Crippen MR) is 97.7 cm³/mol. The number of aromatic nitrogens is 4. The summed E-state index contributed by atoms with van der Waals surface area (Å²) in [5.41, 5.74) is 0.888. The fraction of sp³-hybridized carbons (Fsp3) is 0.632. The van der Waals surface area contributed by atoms with Crippen LogP contribution >= 0.6 is 0 Å². The Morgan fingerprint density at radius 1 is 1.32 bits per heavy atom. The Labute approximate surface area is 162 Å². The number of halogens is 3. The van der Waals surface area contributed by atoms with Crippen LogP contribution in [-0.2, 0) is 30.4 Å². The third kappa shape index (κ3) is 4.23. The molecule has 0 bridgehead atoms. The number of carbonyl (C=O) groups is 1. The highest BCUT2D eigenvalue weighted by molar-refractivity contribution is 5.80. The van der Waals surface area contributed by atoms with Gasteiger partial charge in [-0.15, -0.1) is 0 Å². The quantitative estimate of drug-likeness (QED) is 0.780. The van der Waals surface area contributed by atoms with Crippen molar-refractivity contribution in [3.8, 4) is 0 Å². The maximum Gasteiger partial charge on any atom is 0.435 e. The smallest absolute Gasteiger partial charge is 0.354 e. The van der Waals surface area contributed by atoms with Crippen LogP contribution in [0.1, 0.15) is 55.4 Å². The second kappa shape index (κ2) is 7.97. The molecule has 6 nitrogen and oxygen atoms in total. The molecule has 28 heavy (non-hydrogen) atoms. The number of hydrogen-bond acceptors (Lipinski definition) is 3. The van der Waals surface area contributed by atoms with Crippen LogP contribution in [0.4, 0.5) is 13.2 Å². The minimum atomic E-state index is -4.50. The van der Waals surface area contributed by atoms with Crippen molar-refractivity contribution in [3.05, 3.63) is 34.9 Å². The molecule has 0 unspecified atom stereocenters. The summed E-state index contributed by atoms with van der Waals surface area (Å²) in [5.74, 6) is -0.160. The largest absolute Gasteiger partial charge is 0.435 e. The molecular formula is C19H26F3N5O. The SMILES string of the molecule is CC[C@@H](C(=O)NC[C@@H](C)Cn1ccc(C)n1)n1nc(C(F)(F)F)c2c1CCC2. The fourth-order valence-electron chi connectivity index (χ4n) is 3.76. The van der Waals surface area contributed by atoms with Gasteiger partial charge in [0, 0.05) is 30.5 Å². The van der Waals surface area contributed by atoms with Crippen LogP contribution in [-0.4, -0.2) is 32.0 Å². The number of fused-ring (bicyclic) bond motifs is 1. The van der Waals surface area contributed by atoms with E-state index in [2.05, 4.69) is 15.5 Å². The number of aryl methyl sites for hydroxylation is 1. The molecule has 0 saturated heterocycles. The standard InChI is InChI=1S/C19H26F3N5O/c1-4-15(18(28)23-10-12(2)11-26-9-8-13(3)24-26)27-16-7-5-6-14(16)17(25-27)19(20,21)22/h8-9,12,15H,4-7,10-11H2,1-3H3,(H,23,28)/t12-,15+/m1/s1. The van der Waals surface area contributed by atoms with E-state index in [1.54, 1.807) is 6.92 Å². The predicted octanol–water partition coefficient (Wildman–Crippen LogP) is 3.30. The van der Waals surface area contributed by atoms with Crippen molar-refractivity contribution >= 4 is 5.91 Å². The summed E-state index contributed by atoms with van der Waals surface area (Å²) in [6.45, 7) is 6.76. The summed E-state index contributed by atoms with van der Waals surface area (Å²) >= 11 is 0. The average Bonchev–Trinajstić information content (AvgIpc) is 3.30. The zero-order chi connectivity index (χ0) is 20.5. The highest BCUT2D eigenvalue weighted by Gasteiger charge is 2.41. The molecule has 3 rings (SSSR count). The van der Waals surface area contributed by atoms with Crippen LogP contribution in [0.2, 0.25) is 0 Å². The van der Waals surface area contributed by atoms with Gasteiger partial charge in [-0.1, -0.05) is 13.8 Å². The number of amides is 1. The Morgan fingerprint density at radius 3 is 2.68 bits per heavy atom. The summed E-state index contributed by atoms with van der Waals surface area (Å²) in [5, 5.41) is 11.0. The summed E-state index contributed by atoms with van der Waals surface area (Å²) in [6, 6.07) is 1.18. The van der Waals surface area contributed by atoms with Gasteiger partial charge in [0.25, 0.3) is 0 Å². The van der Waals surface area contributed by atoms with Gasteiger partial charge in [-0.25, -0.2) is 0 Å². The molecule has 2 aromatic heterocycles. The van der Waals surface area contributed by atoms with Gasteiger partial charge in [0.15, 0.2) is 5.69 Å². The normalized spacial score (nSPS) is 16.1. The molecule has 9 heteroatoms. The minimum Gasteiger partial charge on any atom is -0.354 e. The highest BCUT2D eigenvalue weighted by atomic mass is 19.4. The lowest BCUT2D eigenvalue weighted by molar-refractivity contribution is -0.142. The number of carbonyl (C=O) groups excluding carboxylic acids is 1. The first-order chi connectivity index (χ1) is 13.2. The van der Waals surface area contributed by atoms with Gasteiger partial charge >= 0.3 is 6.18 Å². The first-order valence-corrected chi connectivity index (χ1v) is 9.66. The molecule has 1 N–H and O–H groups in total. The molecule has 0 fully saturated rings. The molecule has 1 aliphatic carbocycles. The molecule has 2 heterocycles. The van der Waals surface area contributed by atoms with Gasteiger partial charge in [0.05, 0.1) is 5.69 Å². The maximum atomic E-state index is 13.3. The summed E-state index contributed by atoms with van der Waals surface area (Å²) < 4.78 is 43.0. The van der Waals surface area contributed by atoms with E-state index in [1.807, 2.05) is 30.8 Å². The van der Waals surface area contributed by atoms with Gasteiger partial charge in [-0.3, -0.25) is 14.2 Å². The van der Waals surface area contributed by atoms with E-state index in [0.29, 0.717) is 44.5 Å². The topological polar surface area (TPSA) is 64.7 Å². The molecule has 0 spiro atoms. The zero-order valence-corrected chi connectivity index (χ0v) is 16.4. The molecule has 154 valence electrons. The van der Waals surface area contributed by atoms with E-state index < -0.39 is 17.9 Å². The van der Waals surface area contributed by atoms with E-state index in [4.69, 9.17) is 0 Å². The highest BCUT2D eigenvalue weighted by Crippen LogP contribution is 2.37. The Kier molecular flexibility index (Phi) is 5.81. The first kappa shape index (κ1) is 20.4. The van der Waals surface area contributed by atoms with Gasteiger partial charge in [-0.2, -0.15) is 23.4 Å². The van der Waals surface area contributed by atoms with Gasteiger partial charge in [0.2, 0.25) is 5.91 Å². The number of alkyl halides is 3. The van der Waals surface area contributed by atoms with Crippen LogP contribution < -0.4 is 5.32 Å². The molecule has 0 radical (unpaired) electrons. The van der Waals surface area contributed by atoms with Crippen molar-refractivity contribution in [3.63, 3.8) is 0 Å². The molecule has 0 aliphatic heterocycles.